The minimum atomic E-state index is -5.17. The van der Waals surface area contributed by atoms with Crippen molar-refractivity contribution in [2.24, 2.45) is 29.6 Å². The molecule has 2 N–H and O–H groups in total. The van der Waals surface area contributed by atoms with E-state index in [1.54, 1.807) is 28.9 Å². The van der Waals surface area contributed by atoms with Gasteiger partial charge in [0, 0.05) is 18.3 Å². The number of fused-ring (bicyclic) bond motifs is 6. The lowest BCUT2D eigenvalue weighted by Crippen LogP contribution is -2.57. The molecule has 2 aromatic heterocycles. The van der Waals surface area contributed by atoms with E-state index in [0.717, 1.165) is 12.8 Å². The molecule has 8 unspecified atom stereocenters. The predicted molar refractivity (Wildman–Crippen MR) is 131 cm³/mol. The monoisotopic (exact) mass is 560 g/mol. The lowest BCUT2D eigenvalue weighted by atomic mass is 9.77. The molecule has 212 valence electrons. The summed E-state index contributed by atoms with van der Waals surface area (Å²) in [6.07, 6.45) is -0.778. The molecule has 3 heterocycles. The second-order valence-corrected chi connectivity index (χ2v) is 11.5. The van der Waals surface area contributed by atoms with E-state index in [-0.39, 0.29) is 30.7 Å². The number of carbonyl (C=O) groups excluding carboxylic acids is 3. The number of rotatable bonds is 7. The number of likely N-dealkylation sites (tertiary alicyclic amines) is 1. The highest BCUT2D eigenvalue weighted by molar-refractivity contribution is 5.94. The van der Waals surface area contributed by atoms with Crippen molar-refractivity contribution in [1.82, 2.24) is 25.1 Å². The van der Waals surface area contributed by atoms with Gasteiger partial charge < -0.3 is 15.5 Å². The Labute approximate surface area is 226 Å². The molecule has 13 heteroatoms. The highest BCUT2D eigenvalue weighted by atomic mass is 19.4. The van der Waals surface area contributed by atoms with Gasteiger partial charge in [0.1, 0.15) is 24.3 Å². The van der Waals surface area contributed by atoms with Crippen molar-refractivity contribution in [2.45, 2.75) is 62.6 Å². The SMILES string of the molecule is N#CC(NC(=O)C1C2C3CC(CC3F)C2CN1C(=O)C(CC1CC1)NC(=O)C(F)(F)F)c1cnn2ccccc12. The number of aromatic nitrogens is 2. The molecule has 3 aliphatic carbocycles. The summed E-state index contributed by atoms with van der Waals surface area (Å²) in [6, 6.07) is 3.53. The van der Waals surface area contributed by atoms with Crippen molar-refractivity contribution in [2.75, 3.05) is 6.54 Å². The van der Waals surface area contributed by atoms with E-state index < -0.39 is 60.0 Å². The Hall–Kier alpha value is -3.69. The Kier molecular flexibility index (Phi) is 6.46. The van der Waals surface area contributed by atoms with Crippen LogP contribution in [0.5, 0.6) is 0 Å². The number of nitrogens with one attached hydrogen (secondary N) is 2. The summed E-state index contributed by atoms with van der Waals surface area (Å²) in [7, 11) is 0. The van der Waals surface area contributed by atoms with Gasteiger partial charge in [0.15, 0.2) is 0 Å². The fourth-order valence-electron chi connectivity index (χ4n) is 7.20. The summed E-state index contributed by atoms with van der Waals surface area (Å²) in [5, 5.41) is 18.7. The summed E-state index contributed by atoms with van der Waals surface area (Å²) in [6.45, 7) is 0.0897. The van der Waals surface area contributed by atoms with Crippen LogP contribution >= 0.6 is 0 Å². The highest BCUT2D eigenvalue weighted by Crippen LogP contribution is 2.58. The molecule has 8 atom stereocenters. The van der Waals surface area contributed by atoms with Gasteiger partial charge >= 0.3 is 12.1 Å². The van der Waals surface area contributed by atoms with Crippen molar-refractivity contribution in [3.05, 3.63) is 36.2 Å². The minimum Gasteiger partial charge on any atom is -0.336 e. The molecule has 0 spiro atoms. The molecule has 3 amide bonds. The molecule has 1 saturated heterocycles. The molecule has 40 heavy (non-hydrogen) atoms. The van der Waals surface area contributed by atoms with Gasteiger partial charge in [-0.15, -0.1) is 0 Å². The molecule has 2 bridgehead atoms. The fraction of sp³-hybridized carbons (Fsp3) is 0.593. The summed E-state index contributed by atoms with van der Waals surface area (Å²) in [5.41, 5.74) is 1.03. The lowest BCUT2D eigenvalue weighted by molar-refractivity contribution is -0.175. The van der Waals surface area contributed by atoms with Crippen molar-refractivity contribution in [3.8, 4) is 6.07 Å². The summed E-state index contributed by atoms with van der Waals surface area (Å²) >= 11 is 0. The van der Waals surface area contributed by atoms with Crippen LogP contribution in [0.4, 0.5) is 17.6 Å². The van der Waals surface area contributed by atoms with Gasteiger partial charge in [0.25, 0.3) is 0 Å². The maximum absolute atomic E-state index is 14.9. The van der Waals surface area contributed by atoms with Crippen LogP contribution in [0.25, 0.3) is 5.52 Å². The van der Waals surface area contributed by atoms with Crippen LogP contribution in [-0.2, 0) is 14.4 Å². The minimum absolute atomic E-state index is 0.00172. The third kappa shape index (κ3) is 4.57. The van der Waals surface area contributed by atoms with Gasteiger partial charge in [-0.2, -0.15) is 23.5 Å². The summed E-state index contributed by atoms with van der Waals surface area (Å²) in [5.74, 6) is -4.89. The zero-order valence-corrected chi connectivity index (χ0v) is 21.4. The first-order valence-electron chi connectivity index (χ1n) is 13.5. The van der Waals surface area contributed by atoms with Crippen LogP contribution in [-0.4, -0.2) is 63.2 Å². The Morgan fingerprint density at radius 1 is 1.15 bits per heavy atom. The smallest absolute Gasteiger partial charge is 0.336 e. The van der Waals surface area contributed by atoms with Gasteiger partial charge in [-0.25, -0.2) is 8.91 Å². The lowest BCUT2D eigenvalue weighted by Gasteiger charge is -2.33. The molecule has 6 rings (SSSR count). The molecule has 4 fully saturated rings. The highest BCUT2D eigenvalue weighted by Gasteiger charge is 2.63. The molecule has 3 saturated carbocycles. The first kappa shape index (κ1) is 26.5. The molecule has 2 aromatic rings. The quantitative estimate of drug-likeness (QED) is 0.505. The zero-order chi connectivity index (χ0) is 28.3. The molecule has 4 aliphatic rings. The number of amides is 3. The second-order valence-electron chi connectivity index (χ2n) is 11.5. The van der Waals surface area contributed by atoms with Crippen LogP contribution in [0.3, 0.4) is 0 Å². The molecular formula is C27H28F4N6O3. The standard InChI is InChI=1S/C27H28F4N6O3/c28-18-9-14-8-15(18)22-17(14)12-36(25(39)19(7-13-4-5-13)35-26(40)27(29,30)31)23(22)24(38)34-20(10-32)16-11-33-37-6-2-1-3-21(16)37/h1-3,6,11,13-15,17-20,22-23H,4-5,7-9,12H2,(H,34,38)(H,35,40). The number of nitriles is 1. The van der Waals surface area contributed by atoms with E-state index >= 15 is 0 Å². The van der Waals surface area contributed by atoms with Gasteiger partial charge in [-0.05, 0) is 61.0 Å². The van der Waals surface area contributed by atoms with E-state index in [2.05, 4.69) is 16.5 Å². The molecule has 9 nitrogen and oxygen atoms in total. The average molecular weight is 561 g/mol. The summed E-state index contributed by atoms with van der Waals surface area (Å²) in [4.78, 5) is 40.7. The summed E-state index contributed by atoms with van der Waals surface area (Å²) < 4.78 is 55.7. The number of hydrogen-bond donors (Lipinski definition) is 2. The van der Waals surface area contributed by atoms with E-state index in [0.29, 0.717) is 23.9 Å². The zero-order valence-electron chi connectivity index (χ0n) is 21.4. The fourth-order valence-corrected chi connectivity index (χ4v) is 7.20. The molecule has 1 aliphatic heterocycles. The van der Waals surface area contributed by atoms with E-state index in [9.17, 15) is 37.2 Å². The van der Waals surface area contributed by atoms with Gasteiger partial charge in [0.05, 0.1) is 17.8 Å². The number of pyridine rings is 1. The van der Waals surface area contributed by atoms with Gasteiger partial charge in [0.2, 0.25) is 11.8 Å². The maximum atomic E-state index is 14.9. The Morgan fingerprint density at radius 2 is 1.93 bits per heavy atom. The van der Waals surface area contributed by atoms with Crippen molar-refractivity contribution >= 4 is 23.2 Å². The van der Waals surface area contributed by atoms with Crippen molar-refractivity contribution < 1.29 is 31.9 Å². The Bertz CT molecular complexity index is 1380. The van der Waals surface area contributed by atoms with Crippen LogP contribution in [0, 0.1) is 40.9 Å². The predicted octanol–water partition coefficient (Wildman–Crippen LogP) is 2.68. The van der Waals surface area contributed by atoms with Crippen LogP contribution in [0.2, 0.25) is 0 Å². The van der Waals surface area contributed by atoms with Crippen LogP contribution in [0.1, 0.15) is 43.7 Å². The van der Waals surface area contributed by atoms with E-state index in [1.165, 1.54) is 11.1 Å². The molecule has 0 aromatic carbocycles. The van der Waals surface area contributed by atoms with Crippen LogP contribution in [0.15, 0.2) is 30.6 Å². The van der Waals surface area contributed by atoms with Gasteiger partial charge in [-0.1, -0.05) is 18.9 Å². The van der Waals surface area contributed by atoms with Crippen molar-refractivity contribution in [3.63, 3.8) is 0 Å². The number of halogens is 4. The first-order chi connectivity index (χ1) is 19.1. The molecule has 0 radical (unpaired) electrons. The van der Waals surface area contributed by atoms with Gasteiger partial charge in [-0.3, -0.25) is 14.4 Å². The Balaban J connectivity index is 1.29. The van der Waals surface area contributed by atoms with E-state index in [1.807, 2.05) is 5.32 Å². The topological polar surface area (TPSA) is 120 Å². The normalized spacial score (nSPS) is 30.5. The Morgan fingerprint density at radius 3 is 2.62 bits per heavy atom. The molecular weight excluding hydrogens is 532 g/mol. The maximum Gasteiger partial charge on any atom is 0.471 e. The largest absolute Gasteiger partial charge is 0.471 e. The number of hydrogen-bond acceptors (Lipinski definition) is 5. The third-order valence-corrected chi connectivity index (χ3v) is 9.13. The second kappa shape index (κ2) is 9.74. The third-order valence-electron chi connectivity index (χ3n) is 9.13. The number of carbonyl (C=O) groups is 3. The average Bonchev–Trinajstić information content (AvgIpc) is 3.23. The van der Waals surface area contributed by atoms with E-state index in [4.69, 9.17) is 0 Å². The van der Waals surface area contributed by atoms with Crippen molar-refractivity contribution in [1.29, 1.82) is 5.26 Å². The number of nitrogens with zero attached hydrogens (tertiary/aromatic N) is 4. The first-order valence-corrected chi connectivity index (χ1v) is 13.5. The number of alkyl halides is 4. The van der Waals surface area contributed by atoms with Crippen LogP contribution < -0.4 is 10.6 Å².